The Labute approximate surface area is 157 Å². The van der Waals surface area contributed by atoms with E-state index < -0.39 is 29.9 Å². The molecule has 0 amide bonds. The van der Waals surface area contributed by atoms with Gasteiger partial charge in [-0.3, -0.25) is 28.8 Å². The van der Waals surface area contributed by atoms with E-state index in [0.717, 1.165) is 0 Å². The first-order valence-corrected chi connectivity index (χ1v) is 8.45. The smallest absolute Gasteiger partial charge is 0.313 e. The third-order valence-corrected chi connectivity index (χ3v) is 3.33. The summed E-state index contributed by atoms with van der Waals surface area (Å²) in [7, 11) is 0. The Morgan fingerprint density at radius 1 is 0.630 bits per heavy atom. The van der Waals surface area contributed by atoms with E-state index in [0.29, 0.717) is 0 Å². The molecule has 27 heavy (non-hydrogen) atoms. The predicted molar refractivity (Wildman–Crippen MR) is 91.5 cm³/mol. The van der Waals surface area contributed by atoms with E-state index >= 15 is 0 Å². The summed E-state index contributed by atoms with van der Waals surface area (Å²) in [5.74, 6) is -3.21. The molecule has 0 aliphatic rings. The summed E-state index contributed by atoms with van der Waals surface area (Å²) >= 11 is 0. The van der Waals surface area contributed by atoms with Crippen molar-refractivity contribution in [2.24, 2.45) is 0 Å². The monoisotopic (exact) mass is 386 g/mol. The fourth-order valence-electron chi connectivity index (χ4n) is 2.01. The summed E-state index contributed by atoms with van der Waals surface area (Å²) in [6, 6.07) is 0. The lowest BCUT2D eigenvalue weighted by Gasteiger charge is -2.29. The van der Waals surface area contributed by atoms with E-state index in [1.807, 2.05) is 0 Å². The molecule has 0 radical (unpaired) electrons. The molecule has 0 atom stereocenters. The van der Waals surface area contributed by atoms with Gasteiger partial charge in [-0.15, -0.1) is 0 Å². The molecular formula is C18H26O9. The highest BCUT2D eigenvalue weighted by Crippen LogP contribution is 2.22. The molecule has 0 saturated heterocycles. The Morgan fingerprint density at radius 2 is 0.963 bits per heavy atom. The number of ether oxygens (including phenoxy) is 3. The molecule has 0 aliphatic carbocycles. The fourth-order valence-corrected chi connectivity index (χ4v) is 2.01. The van der Waals surface area contributed by atoms with Gasteiger partial charge in [0, 0.05) is 12.8 Å². The SMILES string of the molecule is CC(=O)CC(=O)OCCC(C)(CCOC(=O)CC(C)=O)OC(=O)CC(C)=O. The van der Waals surface area contributed by atoms with E-state index in [2.05, 4.69) is 0 Å². The maximum absolute atomic E-state index is 11.8. The first kappa shape index (κ1) is 24.4. The van der Waals surface area contributed by atoms with Gasteiger partial charge in [0.1, 0.15) is 42.2 Å². The predicted octanol–water partition coefficient (Wildman–Crippen LogP) is 1.09. The summed E-state index contributed by atoms with van der Waals surface area (Å²) in [6.07, 6.45) is -0.980. The molecule has 9 heteroatoms. The molecule has 152 valence electrons. The highest BCUT2D eigenvalue weighted by molar-refractivity contribution is 5.95. The molecule has 0 aromatic heterocycles. The molecule has 0 unspecified atom stereocenters. The molecule has 0 rings (SSSR count). The molecule has 0 fully saturated rings. The van der Waals surface area contributed by atoms with Crippen molar-refractivity contribution in [2.45, 2.75) is 65.4 Å². The van der Waals surface area contributed by atoms with Crippen molar-refractivity contribution in [3.8, 4) is 0 Å². The zero-order valence-electron chi connectivity index (χ0n) is 16.1. The Hall–Kier alpha value is -2.58. The number of rotatable bonds is 13. The Morgan fingerprint density at radius 3 is 1.30 bits per heavy atom. The van der Waals surface area contributed by atoms with Gasteiger partial charge < -0.3 is 14.2 Å². The van der Waals surface area contributed by atoms with Crippen LogP contribution >= 0.6 is 0 Å². The van der Waals surface area contributed by atoms with Gasteiger partial charge in [0.05, 0.1) is 13.2 Å². The second-order valence-electron chi connectivity index (χ2n) is 6.50. The van der Waals surface area contributed by atoms with Gasteiger partial charge >= 0.3 is 17.9 Å². The summed E-state index contributed by atoms with van der Waals surface area (Å²) in [4.78, 5) is 67.4. The van der Waals surface area contributed by atoms with Gasteiger partial charge in [0.25, 0.3) is 0 Å². The van der Waals surface area contributed by atoms with Gasteiger partial charge in [-0.05, 0) is 27.7 Å². The van der Waals surface area contributed by atoms with E-state index in [1.54, 1.807) is 6.92 Å². The minimum atomic E-state index is -1.17. The number of hydrogen-bond donors (Lipinski definition) is 0. The van der Waals surface area contributed by atoms with Crippen molar-refractivity contribution in [1.29, 1.82) is 0 Å². The van der Waals surface area contributed by atoms with Crippen LogP contribution in [0.25, 0.3) is 0 Å². The average molecular weight is 386 g/mol. The maximum atomic E-state index is 11.8. The van der Waals surface area contributed by atoms with Gasteiger partial charge in [-0.2, -0.15) is 0 Å². The summed E-state index contributed by atoms with van der Waals surface area (Å²) in [5.41, 5.74) is -1.17. The largest absolute Gasteiger partial charge is 0.465 e. The molecule has 0 aliphatic heterocycles. The lowest BCUT2D eigenvalue weighted by molar-refractivity contribution is -0.164. The van der Waals surface area contributed by atoms with Crippen LogP contribution in [0, 0.1) is 0 Å². The number of esters is 3. The first-order chi connectivity index (χ1) is 12.4. The van der Waals surface area contributed by atoms with Crippen LogP contribution in [-0.4, -0.2) is 54.1 Å². The molecule has 0 saturated carbocycles. The van der Waals surface area contributed by atoms with Crippen molar-refractivity contribution in [2.75, 3.05) is 13.2 Å². The van der Waals surface area contributed by atoms with Crippen LogP contribution in [0.3, 0.4) is 0 Å². The lowest BCUT2D eigenvalue weighted by Crippen LogP contribution is -2.35. The zero-order valence-corrected chi connectivity index (χ0v) is 16.1. The summed E-state index contributed by atoms with van der Waals surface area (Å²) < 4.78 is 15.1. The van der Waals surface area contributed by atoms with Crippen molar-refractivity contribution >= 4 is 35.3 Å². The lowest BCUT2D eigenvalue weighted by atomic mass is 9.98. The highest BCUT2D eigenvalue weighted by Gasteiger charge is 2.30. The van der Waals surface area contributed by atoms with Crippen LogP contribution < -0.4 is 0 Å². The van der Waals surface area contributed by atoms with Crippen LogP contribution in [0.15, 0.2) is 0 Å². The maximum Gasteiger partial charge on any atom is 0.313 e. The van der Waals surface area contributed by atoms with Gasteiger partial charge in [-0.25, -0.2) is 0 Å². The number of Topliss-reactive ketones (excluding diaryl/α,β-unsaturated/α-hetero) is 3. The second-order valence-corrected chi connectivity index (χ2v) is 6.50. The van der Waals surface area contributed by atoms with Crippen LogP contribution in [-0.2, 0) is 43.0 Å². The molecule has 0 aromatic carbocycles. The summed E-state index contributed by atoms with van der Waals surface area (Å²) in [6.45, 7) is 5.04. The molecule has 0 heterocycles. The van der Waals surface area contributed by atoms with E-state index in [4.69, 9.17) is 14.2 Å². The van der Waals surface area contributed by atoms with Crippen LogP contribution in [0.4, 0.5) is 0 Å². The zero-order chi connectivity index (χ0) is 21.0. The van der Waals surface area contributed by atoms with E-state index in [9.17, 15) is 28.8 Å². The van der Waals surface area contributed by atoms with Gasteiger partial charge in [0.15, 0.2) is 0 Å². The highest BCUT2D eigenvalue weighted by atomic mass is 16.6. The topological polar surface area (TPSA) is 130 Å². The van der Waals surface area contributed by atoms with Gasteiger partial charge in [0.2, 0.25) is 0 Å². The third kappa shape index (κ3) is 13.3. The Bertz CT molecular complexity index is 558. The number of carbonyl (C=O) groups excluding carboxylic acids is 6. The molecule has 0 bridgehead atoms. The van der Waals surface area contributed by atoms with Crippen molar-refractivity contribution in [3.63, 3.8) is 0 Å². The first-order valence-electron chi connectivity index (χ1n) is 8.45. The van der Waals surface area contributed by atoms with Crippen LogP contribution in [0.5, 0.6) is 0 Å². The molecule has 0 aromatic rings. The fraction of sp³-hybridized carbons (Fsp3) is 0.667. The van der Waals surface area contributed by atoms with E-state index in [-0.39, 0.29) is 56.2 Å². The Kier molecular flexibility index (Phi) is 10.8. The van der Waals surface area contributed by atoms with Crippen molar-refractivity contribution < 1.29 is 43.0 Å². The summed E-state index contributed by atoms with van der Waals surface area (Å²) in [5, 5.41) is 0. The van der Waals surface area contributed by atoms with Crippen molar-refractivity contribution in [3.05, 3.63) is 0 Å². The van der Waals surface area contributed by atoms with Crippen LogP contribution in [0.1, 0.15) is 59.8 Å². The third-order valence-electron chi connectivity index (χ3n) is 3.33. The van der Waals surface area contributed by atoms with E-state index in [1.165, 1.54) is 20.8 Å². The van der Waals surface area contributed by atoms with Gasteiger partial charge in [-0.1, -0.05) is 0 Å². The number of carbonyl (C=O) groups is 6. The molecule has 0 N–H and O–H groups in total. The molecule has 0 spiro atoms. The quantitative estimate of drug-likeness (QED) is 0.259. The number of hydrogen-bond acceptors (Lipinski definition) is 9. The minimum Gasteiger partial charge on any atom is -0.465 e. The second kappa shape index (κ2) is 11.9. The normalized spacial score (nSPS) is 10.7. The standard InChI is InChI=1S/C18H26O9/c1-12(19)9-15(22)25-7-5-18(4,27-17(24)11-14(3)21)6-8-26-16(23)10-13(2)20/h5-11H2,1-4H3. The number of ketones is 3. The Balaban J connectivity index is 4.73. The molecular weight excluding hydrogens is 360 g/mol. The molecule has 9 nitrogen and oxygen atoms in total. The van der Waals surface area contributed by atoms with Crippen molar-refractivity contribution in [1.82, 2.24) is 0 Å². The average Bonchev–Trinajstić information content (AvgIpc) is 2.43. The minimum absolute atomic E-state index is 0.0740. The van der Waals surface area contributed by atoms with Crippen LogP contribution in [0.2, 0.25) is 0 Å².